The van der Waals surface area contributed by atoms with Gasteiger partial charge in [0.05, 0.1) is 30.5 Å². The number of nitrogens with one attached hydrogen (secondary N) is 1. The molecule has 0 bridgehead atoms. The summed E-state index contributed by atoms with van der Waals surface area (Å²) in [6.45, 7) is 0. The molecule has 0 aromatic heterocycles. The molecule has 0 radical (unpaired) electrons. The number of nitrogens with zero attached hydrogens (tertiary/aromatic N) is 1. The number of benzene rings is 4. The van der Waals surface area contributed by atoms with Crippen LogP contribution in [0.4, 0.5) is 11.4 Å². The second-order valence-corrected chi connectivity index (χ2v) is 9.87. The van der Waals surface area contributed by atoms with Gasteiger partial charge >= 0.3 is 0 Å². The number of carbonyl (C=O) groups is 1. The van der Waals surface area contributed by atoms with E-state index >= 15 is 0 Å². The molecular formula is C28H26N2O6S. The summed E-state index contributed by atoms with van der Waals surface area (Å²) in [4.78, 5) is 13.0. The molecule has 0 unspecified atom stereocenters. The minimum absolute atomic E-state index is 0.0458. The third-order valence-electron chi connectivity index (χ3n) is 5.61. The summed E-state index contributed by atoms with van der Waals surface area (Å²) in [7, 11) is 0.472. The van der Waals surface area contributed by atoms with E-state index in [-0.39, 0.29) is 10.8 Å². The molecule has 0 aliphatic carbocycles. The third-order valence-corrected chi connectivity index (χ3v) is 7.39. The van der Waals surface area contributed by atoms with Gasteiger partial charge < -0.3 is 19.5 Å². The number of rotatable bonds is 9. The molecule has 8 nitrogen and oxygen atoms in total. The maximum Gasteiger partial charge on any atom is 0.264 e. The number of carbonyl (C=O) groups excluding carboxylic acids is 1. The van der Waals surface area contributed by atoms with Crippen molar-refractivity contribution < 1.29 is 27.4 Å². The van der Waals surface area contributed by atoms with Crippen LogP contribution in [0.1, 0.15) is 10.4 Å². The van der Waals surface area contributed by atoms with Crippen molar-refractivity contribution in [2.24, 2.45) is 0 Å². The number of para-hydroxylation sites is 3. The van der Waals surface area contributed by atoms with E-state index in [9.17, 15) is 13.2 Å². The normalized spacial score (nSPS) is 10.9. The molecule has 9 heteroatoms. The van der Waals surface area contributed by atoms with Crippen LogP contribution in [0.25, 0.3) is 0 Å². The molecule has 37 heavy (non-hydrogen) atoms. The molecule has 0 heterocycles. The zero-order valence-electron chi connectivity index (χ0n) is 20.5. The Hall–Kier alpha value is -4.50. The Morgan fingerprint density at radius 1 is 0.757 bits per heavy atom. The summed E-state index contributed by atoms with van der Waals surface area (Å²) in [5.74, 6) is 1.52. The van der Waals surface area contributed by atoms with Gasteiger partial charge in [0.2, 0.25) is 0 Å². The van der Waals surface area contributed by atoms with Gasteiger partial charge in [-0.25, -0.2) is 8.42 Å². The van der Waals surface area contributed by atoms with Gasteiger partial charge in [0, 0.05) is 18.7 Å². The van der Waals surface area contributed by atoms with Gasteiger partial charge in [-0.05, 0) is 60.7 Å². The number of sulfonamides is 1. The zero-order valence-corrected chi connectivity index (χ0v) is 21.4. The summed E-state index contributed by atoms with van der Waals surface area (Å²) >= 11 is 0. The Labute approximate surface area is 216 Å². The molecule has 0 fully saturated rings. The van der Waals surface area contributed by atoms with E-state index in [4.69, 9.17) is 14.2 Å². The van der Waals surface area contributed by atoms with Crippen LogP contribution in [-0.2, 0) is 10.0 Å². The largest absolute Gasteiger partial charge is 0.493 e. The van der Waals surface area contributed by atoms with Crippen LogP contribution in [0.5, 0.6) is 23.0 Å². The number of hydrogen-bond acceptors (Lipinski definition) is 6. The molecule has 190 valence electrons. The van der Waals surface area contributed by atoms with Crippen LogP contribution in [0, 0.1) is 0 Å². The number of amides is 1. The van der Waals surface area contributed by atoms with Crippen LogP contribution in [0.2, 0.25) is 0 Å². The smallest absolute Gasteiger partial charge is 0.264 e. The first-order chi connectivity index (χ1) is 17.8. The average molecular weight is 519 g/mol. The van der Waals surface area contributed by atoms with Gasteiger partial charge in [-0.1, -0.05) is 30.3 Å². The molecule has 0 saturated heterocycles. The predicted molar refractivity (Wildman–Crippen MR) is 142 cm³/mol. The highest BCUT2D eigenvalue weighted by atomic mass is 32.2. The highest BCUT2D eigenvalue weighted by Gasteiger charge is 2.23. The van der Waals surface area contributed by atoms with Crippen molar-refractivity contribution >= 4 is 27.3 Å². The van der Waals surface area contributed by atoms with Crippen molar-refractivity contribution in [3.8, 4) is 23.0 Å². The highest BCUT2D eigenvalue weighted by molar-refractivity contribution is 7.92. The standard InChI is InChI=1S/C28H26N2O6S/c1-30(37(32,33)23-17-18-26(34-2)27(19-23)35-3)21-15-13-20(14-16-21)28(31)29-24-11-7-8-12-25(24)36-22-9-5-4-6-10-22/h4-19H,1-3H3,(H,29,31). The van der Waals surface area contributed by atoms with Crippen molar-refractivity contribution in [3.05, 3.63) is 103 Å². The van der Waals surface area contributed by atoms with Crippen molar-refractivity contribution in [2.75, 3.05) is 30.9 Å². The molecule has 0 aliphatic heterocycles. The molecule has 1 N–H and O–H groups in total. The van der Waals surface area contributed by atoms with Crippen molar-refractivity contribution in [1.29, 1.82) is 0 Å². The van der Waals surface area contributed by atoms with E-state index < -0.39 is 10.0 Å². The van der Waals surface area contributed by atoms with Gasteiger partial charge in [-0.2, -0.15) is 0 Å². The minimum Gasteiger partial charge on any atom is -0.493 e. The van der Waals surface area contributed by atoms with Gasteiger partial charge in [-0.15, -0.1) is 0 Å². The first-order valence-corrected chi connectivity index (χ1v) is 12.7. The Morgan fingerprint density at radius 3 is 2.08 bits per heavy atom. The lowest BCUT2D eigenvalue weighted by Gasteiger charge is -2.20. The molecule has 1 amide bonds. The van der Waals surface area contributed by atoms with Gasteiger partial charge in [0.15, 0.2) is 17.2 Å². The maximum absolute atomic E-state index is 13.2. The first kappa shape index (κ1) is 25.6. The molecule has 0 saturated carbocycles. The third kappa shape index (κ3) is 5.68. The number of ether oxygens (including phenoxy) is 3. The maximum atomic E-state index is 13.2. The number of anilines is 2. The minimum atomic E-state index is -3.89. The van der Waals surface area contributed by atoms with E-state index in [0.717, 1.165) is 4.31 Å². The van der Waals surface area contributed by atoms with Gasteiger partial charge in [0.1, 0.15) is 5.75 Å². The predicted octanol–water partition coefficient (Wildman–Crippen LogP) is 5.57. The second-order valence-electron chi connectivity index (χ2n) is 7.90. The van der Waals surface area contributed by atoms with Gasteiger partial charge in [-0.3, -0.25) is 9.10 Å². The van der Waals surface area contributed by atoms with Gasteiger partial charge in [0.25, 0.3) is 15.9 Å². The summed E-state index contributed by atoms with van der Waals surface area (Å²) in [5.41, 5.74) is 1.25. The summed E-state index contributed by atoms with van der Waals surface area (Å²) in [6, 6.07) is 27.0. The molecule has 0 aliphatic rings. The van der Waals surface area contributed by atoms with E-state index in [2.05, 4.69) is 5.32 Å². The Kier molecular flexibility index (Phi) is 7.64. The lowest BCUT2D eigenvalue weighted by Crippen LogP contribution is -2.26. The lowest BCUT2D eigenvalue weighted by atomic mass is 10.2. The molecule has 4 aromatic carbocycles. The van der Waals surface area contributed by atoms with Crippen molar-refractivity contribution in [1.82, 2.24) is 0 Å². The van der Waals surface area contributed by atoms with Crippen LogP contribution in [0.3, 0.4) is 0 Å². The molecular weight excluding hydrogens is 492 g/mol. The van der Waals surface area contributed by atoms with Crippen LogP contribution in [0.15, 0.2) is 102 Å². The fraction of sp³-hybridized carbons (Fsp3) is 0.107. The zero-order chi connectivity index (χ0) is 26.4. The van der Waals surface area contributed by atoms with E-state index in [1.807, 2.05) is 36.4 Å². The van der Waals surface area contributed by atoms with E-state index in [1.54, 1.807) is 42.5 Å². The second kappa shape index (κ2) is 11.0. The molecule has 0 spiro atoms. The Morgan fingerprint density at radius 2 is 1.41 bits per heavy atom. The summed E-state index contributed by atoms with van der Waals surface area (Å²) in [6.07, 6.45) is 0. The van der Waals surface area contributed by atoms with E-state index in [1.165, 1.54) is 39.5 Å². The number of methoxy groups -OCH3 is 2. The van der Waals surface area contributed by atoms with Crippen molar-refractivity contribution in [2.45, 2.75) is 4.90 Å². The molecule has 4 rings (SSSR count). The fourth-order valence-corrected chi connectivity index (χ4v) is 4.78. The monoisotopic (exact) mass is 518 g/mol. The van der Waals surface area contributed by atoms with Crippen LogP contribution in [-0.4, -0.2) is 35.6 Å². The topological polar surface area (TPSA) is 94.2 Å². The SMILES string of the molecule is COc1ccc(S(=O)(=O)N(C)c2ccc(C(=O)Nc3ccccc3Oc3ccccc3)cc2)cc1OC. The summed E-state index contributed by atoms with van der Waals surface area (Å²) < 4.78 is 43.8. The van der Waals surface area contributed by atoms with Crippen LogP contribution < -0.4 is 23.8 Å². The average Bonchev–Trinajstić information content (AvgIpc) is 2.93. The quantitative estimate of drug-likeness (QED) is 0.311. The Bertz CT molecular complexity index is 1490. The molecule has 4 aromatic rings. The summed E-state index contributed by atoms with van der Waals surface area (Å²) in [5, 5.41) is 2.85. The Balaban J connectivity index is 1.50. The van der Waals surface area contributed by atoms with Crippen LogP contribution >= 0.6 is 0 Å². The number of hydrogen-bond donors (Lipinski definition) is 1. The first-order valence-electron chi connectivity index (χ1n) is 11.3. The highest BCUT2D eigenvalue weighted by Crippen LogP contribution is 2.32. The van der Waals surface area contributed by atoms with E-state index in [0.29, 0.717) is 39.9 Å². The lowest BCUT2D eigenvalue weighted by molar-refractivity contribution is 0.102. The fourth-order valence-electron chi connectivity index (χ4n) is 3.57. The van der Waals surface area contributed by atoms with Crippen molar-refractivity contribution in [3.63, 3.8) is 0 Å². The molecule has 0 atom stereocenters.